The predicted octanol–water partition coefficient (Wildman–Crippen LogP) is 3.93. The number of nitrogens with one attached hydrogen (secondary N) is 1. The van der Waals surface area contributed by atoms with Crippen LogP contribution < -0.4 is 11.1 Å². The first-order valence-corrected chi connectivity index (χ1v) is 10.1. The molecule has 2 aromatic heterocycles. The number of rotatable bonds is 9. The Morgan fingerprint density at radius 2 is 1.76 bits per heavy atom. The lowest BCUT2D eigenvalue weighted by molar-refractivity contribution is -0.125. The molecule has 0 spiro atoms. The van der Waals surface area contributed by atoms with Gasteiger partial charge in [-0.1, -0.05) is 41.4 Å². The summed E-state index contributed by atoms with van der Waals surface area (Å²) in [5.74, 6) is -0.500. The first-order valence-electron chi connectivity index (χ1n) is 9.30. The number of nitrogens with zero attached hydrogens (tertiary/aromatic N) is 2. The molecule has 1 aromatic carbocycles. The molecular weight excluding hydrogens is 407 g/mol. The number of pyridine rings is 2. The Morgan fingerprint density at radius 1 is 0.966 bits per heavy atom. The van der Waals surface area contributed by atoms with Crippen LogP contribution in [0.5, 0.6) is 0 Å². The number of carbonyl (C=O) groups is 1. The molecule has 0 fully saturated rings. The summed E-state index contributed by atoms with van der Waals surface area (Å²) in [6.07, 6.45) is 8.71. The molecule has 0 aliphatic carbocycles. The van der Waals surface area contributed by atoms with Crippen LogP contribution in [0.3, 0.4) is 0 Å². The number of carbonyl (C=O) groups excluding carboxylic acids is 1. The van der Waals surface area contributed by atoms with Gasteiger partial charge in [-0.05, 0) is 54.7 Å². The Bertz CT molecular complexity index is 954. The highest BCUT2D eigenvalue weighted by molar-refractivity contribution is 6.42. The summed E-state index contributed by atoms with van der Waals surface area (Å²) in [5, 5.41) is 4.09. The number of nitrogens with two attached hydrogens (primary N) is 1. The van der Waals surface area contributed by atoms with E-state index in [0.717, 1.165) is 11.1 Å². The summed E-state index contributed by atoms with van der Waals surface area (Å²) in [6.45, 7) is 0.531. The van der Waals surface area contributed by atoms with Crippen molar-refractivity contribution in [1.29, 1.82) is 0 Å². The van der Waals surface area contributed by atoms with Gasteiger partial charge >= 0.3 is 0 Å². The number of benzene rings is 1. The summed E-state index contributed by atoms with van der Waals surface area (Å²) in [5.41, 5.74) is 7.47. The van der Waals surface area contributed by atoms with E-state index in [9.17, 15) is 4.79 Å². The van der Waals surface area contributed by atoms with Gasteiger partial charge in [0.15, 0.2) is 0 Å². The van der Waals surface area contributed by atoms with Crippen LogP contribution in [0.1, 0.15) is 23.1 Å². The van der Waals surface area contributed by atoms with Crippen molar-refractivity contribution >= 4 is 29.1 Å². The highest BCUT2D eigenvalue weighted by Crippen LogP contribution is 2.36. The van der Waals surface area contributed by atoms with Gasteiger partial charge in [0.25, 0.3) is 0 Å². The molecular formula is C22H22Cl2N4O. The van der Waals surface area contributed by atoms with Crippen LogP contribution in [0.15, 0.2) is 67.3 Å². The molecule has 3 rings (SSSR count). The van der Waals surface area contributed by atoms with Crippen LogP contribution in [0.2, 0.25) is 10.0 Å². The monoisotopic (exact) mass is 428 g/mol. The Balaban J connectivity index is 1.91. The quantitative estimate of drug-likeness (QED) is 0.540. The van der Waals surface area contributed by atoms with E-state index in [2.05, 4.69) is 15.3 Å². The molecule has 5 nitrogen and oxygen atoms in total. The van der Waals surface area contributed by atoms with Crippen LogP contribution in [0.25, 0.3) is 0 Å². The van der Waals surface area contributed by atoms with Crippen molar-refractivity contribution in [2.45, 2.75) is 24.8 Å². The largest absolute Gasteiger partial charge is 0.368 e. The van der Waals surface area contributed by atoms with Gasteiger partial charge in [0.1, 0.15) is 5.54 Å². The maximum Gasteiger partial charge on any atom is 0.242 e. The minimum Gasteiger partial charge on any atom is -0.368 e. The van der Waals surface area contributed by atoms with Crippen molar-refractivity contribution in [2.75, 3.05) is 6.54 Å². The second-order valence-corrected chi connectivity index (χ2v) is 7.55. The van der Waals surface area contributed by atoms with Gasteiger partial charge in [0.2, 0.25) is 5.91 Å². The lowest BCUT2D eigenvalue weighted by Crippen LogP contribution is -2.53. The second kappa shape index (κ2) is 9.83. The van der Waals surface area contributed by atoms with Gasteiger partial charge in [-0.15, -0.1) is 0 Å². The van der Waals surface area contributed by atoms with Gasteiger partial charge in [-0.25, -0.2) is 0 Å². The smallest absolute Gasteiger partial charge is 0.242 e. The molecule has 0 saturated heterocycles. The highest BCUT2D eigenvalue weighted by Gasteiger charge is 2.39. The van der Waals surface area contributed by atoms with Gasteiger partial charge in [-0.2, -0.15) is 0 Å². The summed E-state index contributed by atoms with van der Waals surface area (Å²) in [4.78, 5) is 21.0. The minimum atomic E-state index is -1.16. The minimum absolute atomic E-state index is 0.329. The molecule has 0 radical (unpaired) electrons. The van der Waals surface area contributed by atoms with E-state index in [4.69, 9.17) is 28.9 Å². The summed E-state index contributed by atoms with van der Waals surface area (Å²) < 4.78 is 0. The Hall–Kier alpha value is -2.47. The molecule has 1 unspecified atom stereocenters. The predicted molar refractivity (Wildman–Crippen MR) is 116 cm³/mol. The van der Waals surface area contributed by atoms with Crippen molar-refractivity contribution in [2.24, 2.45) is 5.73 Å². The van der Waals surface area contributed by atoms with E-state index < -0.39 is 11.4 Å². The fraction of sp³-hybridized carbons (Fsp3) is 0.227. The molecule has 1 amide bonds. The number of hydrogen-bond donors (Lipinski definition) is 2. The molecule has 0 aliphatic rings. The molecule has 7 heteroatoms. The molecule has 29 heavy (non-hydrogen) atoms. The molecule has 150 valence electrons. The van der Waals surface area contributed by atoms with Crippen LogP contribution in [-0.4, -0.2) is 22.4 Å². The Morgan fingerprint density at radius 3 is 2.45 bits per heavy atom. The molecule has 3 aromatic rings. The van der Waals surface area contributed by atoms with Crippen molar-refractivity contribution in [3.05, 3.63) is 94.0 Å². The fourth-order valence-corrected chi connectivity index (χ4v) is 3.80. The van der Waals surface area contributed by atoms with E-state index in [1.807, 2.05) is 24.3 Å². The van der Waals surface area contributed by atoms with Crippen LogP contribution in [0, 0.1) is 0 Å². The summed E-state index contributed by atoms with van der Waals surface area (Å²) >= 11 is 12.7. The maximum atomic E-state index is 12.8. The zero-order valence-corrected chi connectivity index (χ0v) is 17.3. The number of halogens is 2. The molecule has 0 saturated carbocycles. The van der Waals surface area contributed by atoms with E-state index in [-0.39, 0.29) is 0 Å². The van der Waals surface area contributed by atoms with Crippen molar-refractivity contribution in [1.82, 2.24) is 15.3 Å². The Kier molecular flexibility index (Phi) is 7.20. The number of aryl methyl sites for hydroxylation is 1. The van der Waals surface area contributed by atoms with E-state index in [1.165, 1.54) is 0 Å². The second-order valence-electron chi connectivity index (χ2n) is 6.76. The number of primary amides is 1. The third-order valence-corrected chi connectivity index (χ3v) is 5.75. The number of amides is 1. The number of aromatic nitrogens is 2. The van der Waals surface area contributed by atoms with Gasteiger partial charge in [0, 0.05) is 36.9 Å². The lowest BCUT2D eigenvalue weighted by atomic mass is 9.83. The van der Waals surface area contributed by atoms with Crippen molar-refractivity contribution in [3.8, 4) is 0 Å². The van der Waals surface area contributed by atoms with Gasteiger partial charge in [-0.3, -0.25) is 20.1 Å². The summed E-state index contributed by atoms with van der Waals surface area (Å²) in [6, 6.07) is 13.0. The van der Waals surface area contributed by atoms with E-state index in [0.29, 0.717) is 41.4 Å². The zero-order chi connectivity index (χ0) is 20.7. The molecule has 2 heterocycles. The first kappa shape index (κ1) is 21.2. The van der Waals surface area contributed by atoms with Crippen LogP contribution in [-0.2, 0) is 23.2 Å². The zero-order valence-electron chi connectivity index (χ0n) is 15.8. The average molecular weight is 429 g/mol. The van der Waals surface area contributed by atoms with E-state index >= 15 is 0 Å². The third-order valence-electron chi connectivity index (χ3n) is 4.93. The molecule has 3 N–H and O–H groups in total. The average Bonchev–Trinajstić information content (AvgIpc) is 2.74. The standard InChI is InChI=1S/C22H22Cl2N4O/c23-19-5-1-4-18(20(19)24)22(21(25)29,10-6-17-3-2-11-27-15-17)28-14-9-16-7-12-26-13-8-16/h1-5,7-8,11-13,15,28H,6,9-10,14H2,(H2,25,29). The molecule has 0 aliphatic heterocycles. The first-order chi connectivity index (χ1) is 14.0. The fourth-order valence-electron chi connectivity index (χ4n) is 3.34. The lowest BCUT2D eigenvalue weighted by Gasteiger charge is -2.33. The number of hydrogen-bond acceptors (Lipinski definition) is 4. The van der Waals surface area contributed by atoms with Crippen LogP contribution >= 0.6 is 23.2 Å². The van der Waals surface area contributed by atoms with Crippen molar-refractivity contribution in [3.63, 3.8) is 0 Å². The third kappa shape index (κ3) is 5.12. The molecule has 1 atom stereocenters. The van der Waals surface area contributed by atoms with Gasteiger partial charge in [0.05, 0.1) is 10.0 Å². The topological polar surface area (TPSA) is 80.9 Å². The van der Waals surface area contributed by atoms with Gasteiger partial charge < -0.3 is 5.73 Å². The SMILES string of the molecule is NC(=O)C(CCc1cccnc1)(NCCc1ccncc1)c1cccc(Cl)c1Cl. The molecule has 0 bridgehead atoms. The van der Waals surface area contributed by atoms with E-state index in [1.54, 1.807) is 43.0 Å². The van der Waals surface area contributed by atoms with Crippen molar-refractivity contribution < 1.29 is 4.79 Å². The summed E-state index contributed by atoms with van der Waals surface area (Å²) in [7, 11) is 0. The van der Waals surface area contributed by atoms with Crippen LogP contribution in [0.4, 0.5) is 0 Å². The normalized spacial score (nSPS) is 13.0. The Labute approximate surface area is 180 Å². The maximum absolute atomic E-state index is 12.8. The highest BCUT2D eigenvalue weighted by atomic mass is 35.5.